The molecule has 4 unspecified atom stereocenters. The van der Waals surface area contributed by atoms with Crippen LogP contribution in [0.3, 0.4) is 0 Å². The summed E-state index contributed by atoms with van der Waals surface area (Å²) in [5.74, 6) is -2.88. The standard InChI is InChI=1S/C31H41N5O5/c1-18(2)14-24(35-30(39)27(32)19(3)4)28(37)34-25(15-20-10-6-5-7-11-20)29(38)36-26(31(40)41)16-21-17-33-23-13-9-8-12-22(21)23/h5-13,17-19,24-27,33H,14-16,32H2,1-4H3,(H,34,37)(H,35,39)(H,36,38)(H,40,41). The SMILES string of the molecule is CC(C)CC(NC(=O)C(N)C(C)C)C(=O)NC(Cc1ccccc1)C(=O)NC(Cc1c[nH]c2ccccc12)C(=O)O. The van der Waals surface area contributed by atoms with Gasteiger partial charge in [0, 0.05) is 29.9 Å². The Labute approximate surface area is 240 Å². The number of nitrogens with one attached hydrogen (secondary N) is 4. The van der Waals surface area contributed by atoms with Gasteiger partial charge in [0.25, 0.3) is 0 Å². The highest BCUT2D eigenvalue weighted by atomic mass is 16.4. The van der Waals surface area contributed by atoms with Crippen molar-refractivity contribution in [3.05, 3.63) is 71.9 Å². The number of benzene rings is 2. The molecule has 4 atom stereocenters. The molecule has 0 spiro atoms. The van der Waals surface area contributed by atoms with Gasteiger partial charge < -0.3 is 31.8 Å². The summed E-state index contributed by atoms with van der Waals surface area (Å²) in [4.78, 5) is 55.0. The van der Waals surface area contributed by atoms with Gasteiger partial charge in [-0.05, 0) is 35.4 Å². The van der Waals surface area contributed by atoms with E-state index in [2.05, 4.69) is 20.9 Å². The zero-order chi connectivity index (χ0) is 30.1. The van der Waals surface area contributed by atoms with Crippen LogP contribution in [0.2, 0.25) is 0 Å². The van der Waals surface area contributed by atoms with E-state index in [0.29, 0.717) is 6.42 Å². The van der Waals surface area contributed by atoms with Crippen LogP contribution in [0.5, 0.6) is 0 Å². The lowest BCUT2D eigenvalue weighted by molar-refractivity contribution is -0.142. The van der Waals surface area contributed by atoms with Gasteiger partial charge in [-0.25, -0.2) is 4.79 Å². The third-order valence-corrected chi connectivity index (χ3v) is 6.99. The molecule has 1 aromatic heterocycles. The van der Waals surface area contributed by atoms with Gasteiger partial charge in [-0.3, -0.25) is 14.4 Å². The second-order valence-corrected chi connectivity index (χ2v) is 11.2. The van der Waals surface area contributed by atoms with E-state index in [-0.39, 0.29) is 24.7 Å². The highest BCUT2D eigenvalue weighted by Crippen LogP contribution is 2.19. The molecule has 10 heteroatoms. The lowest BCUT2D eigenvalue weighted by Crippen LogP contribution is -2.58. The number of carboxylic acid groups (broad SMARTS) is 1. The van der Waals surface area contributed by atoms with Gasteiger partial charge >= 0.3 is 5.97 Å². The number of hydrogen-bond acceptors (Lipinski definition) is 5. The van der Waals surface area contributed by atoms with Crippen molar-refractivity contribution in [1.29, 1.82) is 0 Å². The molecule has 0 aliphatic carbocycles. The Morgan fingerprint density at radius 1 is 0.780 bits per heavy atom. The molecule has 0 aliphatic heterocycles. The van der Waals surface area contributed by atoms with E-state index in [9.17, 15) is 24.3 Å². The van der Waals surface area contributed by atoms with E-state index in [1.807, 2.05) is 82.3 Å². The molecule has 3 rings (SSSR count). The van der Waals surface area contributed by atoms with E-state index < -0.39 is 47.9 Å². The molecule has 3 amide bonds. The van der Waals surface area contributed by atoms with Crippen molar-refractivity contribution in [2.75, 3.05) is 0 Å². The number of nitrogens with two attached hydrogens (primary N) is 1. The molecule has 0 aliphatic rings. The minimum atomic E-state index is -1.23. The number of hydrogen-bond donors (Lipinski definition) is 6. The third-order valence-electron chi connectivity index (χ3n) is 6.99. The van der Waals surface area contributed by atoms with Crippen LogP contribution in [0.1, 0.15) is 45.2 Å². The Morgan fingerprint density at radius 3 is 2.00 bits per heavy atom. The highest BCUT2D eigenvalue weighted by molar-refractivity contribution is 5.94. The first-order valence-corrected chi connectivity index (χ1v) is 13.9. The summed E-state index contributed by atoms with van der Waals surface area (Å²) < 4.78 is 0. The lowest BCUT2D eigenvalue weighted by Gasteiger charge is -2.26. The van der Waals surface area contributed by atoms with Gasteiger partial charge in [0.15, 0.2) is 0 Å². The Balaban J connectivity index is 1.82. The Bertz CT molecular complexity index is 1340. The molecule has 7 N–H and O–H groups in total. The van der Waals surface area contributed by atoms with Crippen LogP contribution in [-0.4, -0.2) is 57.9 Å². The fourth-order valence-corrected chi connectivity index (χ4v) is 4.60. The Kier molecular flexibility index (Phi) is 11.0. The first kappa shape index (κ1) is 31.3. The van der Waals surface area contributed by atoms with E-state index in [1.54, 1.807) is 6.20 Å². The Hall–Kier alpha value is -4.18. The van der Waals surface area contributed by atoms with Crippen LogP contribution in [0, 0.1) is 11.8 Å². The maximum absolute atomic E-state index is 13.6. The second kappa shape index (κ2) is 14.5. The fourth-order valence-electron chi connectivity index (χ4n) is 4.60. The number of aromatic amines is 1. The molecule has 0 saturated heterocycles. The van der Waals surface area contributed by atoms with Crippen molar-refractivity contribution < 1.29 is 24.3 Å². The van der Waals surface area contributed by atoms with Crippen LogP contribution in [0.15, 0.2) is 60.8 Å². The number of aromatic nitrogens is 1. The number of rotatable bonds is 14. The maximum atomic E-state index is 13.6. The van der Waals surface area contributed by atoms with Gasteiger partial charge in [0.2, 0.25) is 17.7 Å². The number of carbonyl (C=O) groups excluding carboxylic acids is 3. The summed E-state index contributed by atoms with van der Waals surface area (Å²) >= 11 is 0. The predicted octanol–water partition coefficient (Wildman–Crippen LogP) is 2.52. The number of H-pyrrole nitrogens is 1. The number of para-hydroxylation sites is 1. The molecule has 220 valence electrons. The molecule has 0 radical (unpaired) electrons. The summed E-state index contributed by atoms with van der Waals surface area (Å²) in [5.41, 5.74) is 8.39. The normalized spacial score (nSPS) is 14.3. The van der Waals surface area contributed by atoms with Gasteiger partial charge in [0.1, 0.15) is 18.1 Å². The monoisotopic (exact) mass is 563 g/mol. The van der Waals surface area contributed by atoms with Crippen LogP contribution < -0.4 is 21.7 Å². The molecular formula is C31H41N5O5. The zero-order valence-corrected chi connectivity index (χ0v) is 24.0. The summed E-state index contributed by atoms with van der Waals surface area (Å²) in [6.45, 7) is 7.48. The van der Waals surface area contributed by atoms with Gasteiger partial charge in [-0.1, -0.05) is 76.2 Å². The first-order valence-electron chi connectivity index (χ1n) is 13.9. The highest BCUT2D eigenvalue weighted by Gasteiger charge is 2.31. The van der Waals surface area contributed by atoms with E-state index in [4.69, 9.17) is 5.73 Å². The van der Waals surface area contributed by atoms with Crippen molar-refractivity contribution in [3.63, 3.8) is 0 Å². The lowest BCUT2D eigenvalue weighted by atomic mass is 9.99. The number of carbonyl (C=O) groups is 4. The molecule has 0 saturated carbocycles. The van der Waals surface area contributed by atoms with Crippen LogP contribution in [0.25, 0.3) is 10.9 Å². The van der Waals surface area contributed by atoms with Crippen molar-refractivity contribution in [3.8, 4) is 0 Å². The average molecular weight is 564 g/mol. The van der Waals surface area contributed by atoms with Gasteiger partial charge in [-0.15, -0.1) is 0 Å². The summed E-state index contributed by atoms with van der Waals surface area (Å²) in [6.07, 6.45) is 2.25. The predicted molar refractivity (Wildman–Crippen MR) is 158 cm³/mol. The zero-order valence-electron chi connectivity index (χ0n) is 24.0. The van der Waals surface area contributed by atoms with Crippen molar-refractivity contribution in [1.82, 2.24) is 20.9 Å². The summed E-state index contributed by atoms with van der Waals surface area (Å²) in [5, 5.41) is 19.0. The van der Waals surface area contributed by atoms with E-state index in [1.165, 1.54) is 0 Å². The summed E-state index contributed by atoms with van der Waals surface area (Å²) in [6, 6.07) is 12.6. The van der Waals surface area contributed by atoms with Crippen LogP contribution in [0.4, 0.5) is 0 Å². The van der Waals surface area contributed by atoms with E-state index in [0.717, 1.165) is 22.0 Å². The summed E-state index contributed by atoms with van der Waals surface area (Å²) in [7, 11) is 0. The molecule has 0 bridgehead atoms. The molecule has 10 nitrogen and oxygen atoms in total. The fraction of sp³-hybridized carbons (Fsp3) is 0.419. The number of amides is 3. The number of aliphatic carboxylic acids is 1. The van der Waals surface area contributed by atoms with Crippen LogP contribution in [-0.2, 0) is 32.0 Å². The van der Waals surface area contributed by atoms with Crippen molar-refractivity contribution in [2.24, 2.45) is 17.6 Å². The topological polar surface area (TPSA) is 166 Å². The molecule has 3 aromatic rings. The minimum absolute atomic E-state index is 0.0518. The molecule has 1 heterocycles. The largest absolute Gasteiger partial charge is 0.480 e. The van der Waals surface area contributed by atoms with Crippen molar-refractivity contribution in [2.45, 2.75) is 71.1 Å². The molecule has 41 heavy (non-hydrogen) atoms. The number of carboxylic acids is 1. The minimum Gasteiger partial charge on any atom is -0.480 e. The maximum Gasteiger partial charge on any atom is 0.326 e. The van der Waals surface area contributed by atoms with Crippen molar-refractivity contribution >= 4 is 34.6 Å². The number of fused-ring (bicyclic) bond motifs is 1. The molecule has 2 aromatic carbocycles. The smallest absolute Gasteiger partial charge is 0.326 e. The van der Waals surface area contributed by atoms with Gasteiger partial charge in [0.05, 0.1) is 6.04 Å². The first-order chi connectivity index (χ1) is 19.5. The molecular weight excluding hydrogens is 522 g/mol. The second-order valence-electron chi connectivity index (χ2n) is 11.2. The quantitative estimate of drug-likeness (QED) is 0.176. The van der Waals surface area contributed by atoms with Crippen LogP contribution >= 0.6 is 0 Å². The van der Waals surface area contributed by atoms with Gasteiger partial charge in [-0.2, -0.15) is 0 Å². The molecule has 0 fully saturated rings. The van der Waals surface area contributed by atoms with E-state index >= 15 is 0 Å². The average Bonchev–Trinajstić information content (AvgIpc) is 3.34. The third kappa shape index (κ3) is 8.91. The Morgan fingerprint density at radius 2 is 1.37 bits per heavy atom.